The van der Waals surface area contributed by atoms with Crippen LogP contribution in [0.2, 0.25) is 0 Å². The smallest absolute Gasteiger partial charge is 0.303 e. The number of carboxylic acid groups (broad SMARTS) is 1. The molecule has 5 heteroatoms. The van der Waals surface area contributed by atoms with E-state index in [-0.39, 0.29) is 6.42 Å². The van der Waals surface area contributed by atoms with Crippen molar-refractivity contribution in [2.75, 3.05) is 13.2 Å². The van der Waals surface area contributed by atoms with Crippen molar-refractivity contribution in [2.24, 2.45) is 0 Å². The van der Waals surface area contributed by atoms with Gasteiger partial charge >= 0.3 is 5.97 Å². The van der Waals surface area contributed by atoms with Crippen LogP contribution in [0.4, 0.5) is 0 Å². The Hall–Kier alpha value is -2.01. The Morgan fingerprint density at radius 2 is 1.75 bits per heavy atom. The standard InChI is InChI=1S/C19H21BrO4/c1-13-4-3-5-14(2)19(13)24-11-10-23-17-8-7-16(20)12-15(17)6-9-18(21)22/h3-5,7-8,12H,6,9-11H2,1-2H3,(H,21,22). The number of para-hydroxylation sites is 1. The number of carboxylic acids is 1. The first-order valence-corrected chi connectivity index (χ1v) is 8.58. The Labute approximate surface area is 150 Å². The highest BCUT2D eigenvalue weighted by molar-refractivity contribution is 9.10. The summed E-state index contributed by atoms with van der Waals surface area (Å²) in [5.74, 6) is 0.770. The number of rotatable bonds is 8. The average Bonchev–Trinajstić information content (AvgIpc) is 2.53. The van der Waals surface area contributed by atoms with Gasteiger partial charge < -0.3 is 14.6 Å². The Kier molecular flexibility index (Phi) is 6.67. The van der Waals surface area contributed by atoms with Gasteiger partial charge in [0.15, 0.2) is 0 Å². The molecule has 1 N–H and O–H groups in total. The van der Waals surface area contributed by atoms with E-state index in [0.29, 0.717) is 25.4 Å². The zero-order chi connectivity index (χ0) is 17.5. The summed E-state index contributed by atoms with van der Waals surface area (Å²) < 4.78 is 12.5. The van der Waals surface area contributed by atoms with Gasteiger partial charge in [0, 0.05) is 10.9 Å². The number of carbonyl (C=O) groups is 1. The third-order valence-corrected chi connectivity index (χ3v) is 4.12. The highest BCUT2D eigenvalue weighted by atomic mass is 79.9. The predicted molar refractivity (Wildman–Crippen MR) is 97.0 cm³/mol. The average molecular weight is 393 g/mol. The second kappa shape index (κ2) is 8.73. The van der Waals surface area contributed by atoms with Gasteiger partial charge in [-0.05, 0) is 55.2 Å². The summed E-state index contributed by atoms with van der Waals surface area (Å²) in [6.07, 6.45) is 0.508. The fourth-order valence-electron chi connectivity index (χ4n) is 2.45. The van der Waals surface area contributed by atoms with E-state index in [1.807, 2.05) is 50.2 Å². The molecule has 2 rings (SSSR count). The first-order chi connectivity index (χ1) is 11.5. The third-order valence-electron chi connectivity index (χ3n) is 3.63. The molecule has 0 aliphatic carbocycles. The van der Waals surface area contributed by atoms with Gasteiger partial charge in [0.25, 0.3) is 0 Å². The Bertz CT molecular complexity index is 692. The van der Waals surface area contributed by atoms with Crippen molar-refractivity contribution in [1.29, 1.82) is 0 Å². The molecule has 0 unspecified atom stereocenters. The van der Waals surface area contributed by atoms with Crippen LogP contribution in [0, 0.1) is 13.8 Å². The highest BCUT2D eigenvalue weighted by Crippen LogP contribution is 2.25. The van der Waals surface area contributed by atoms with Gasteiger partial charge in [0.2, 0.25) is 0 Å². The van der Waals surface area contributed by atoms with Crippen molar-refractivity contribution in [3.05, 3.63) is 57.6 Å². The Morgan fingerprint density at radius 3 is 2.42 bits per heavy atom. The normalized spacial score (nSPS) is 10.5. The van der Waals surface area contributed by atoms with Crippen molar-refractivity contribution < 1.29 is 19.4 Å². The van der Waals surface area contributed by atoms with Crippen LogP contribution in [0.25, 0.3) is 0 Å². The Morgan fingerprint density at radius 1 is 1.08 bits per heavy atom. The maximum Gasteiger partial charge on any atom is 0.303 e. The fraction of sp³-hybridized carbons (Fsp3) is 0.316. The van der Waals surface area contributed by atoms with Crippen LogP contribution in [-0.4, -0.2) is 24.3 Å². The summed E-state index contributed by atoms with van der Waals surface area (Å²) in [7, 11) is 0. The molecule has 2 aromatic rings. The number of aryl methyl sites for hydroxylation is 3. The number of hydrogen-bond donors (Lipinski definition) is 1. The monoisotopic (exact) mass is 392 g/mol. The zero-order valence-corrected chi connectivity index (χ0v) is 15.4. The van der Waals surface area contributed by atoms with Crippen LogP contribution in [0.3, 0.4) is 0 Å². The lowest BCUT2D eigenvalue weighted by Crippen LogP contribution is -2.11. The third kappa shape index (κ3) is 5.27. The van der Waals surface area contributed by atoms with E-state index in [9.17, 15) is 4.79 Å². The molecule has 0 bridgehead atoms. The molecule has 0 saturated carbocycles. The molecular weight excluding hydrogens is 372 g/mol. The number of aliphatic carboxylic acids is 1. The molecule has 128 valence electrons. The molecule has 24 heavy (non-hydrogen) atoms. The fourth-order valence-corrected chi connectivity index (χ4v) is 2.86. The van der Waals surface area contributed by atoms with Crippen molar-refractivity contribution >= 4 is 21.9 Å². The lowest BCUT2D eigenvalue weighted by Gasteiger charge is -2.14. The van der Waals surface area contributed by atoms with E-state index < -0.39 is 5.97 Å². The molecule has 0 heterocycles. The molecule has 0 saturated heterocycles. The maximum atomic E-state index is 10.8. The predicted octanol–water partition coefficient (Wildman–Crippen LogP) is 4.54. The molecule has 0 aliphatic heterocycles. The first-order valence-electron chi connectivity index (χ1n) is 7.79. The lowest BCUT2D eigenvalue weighted by molar-refractivity contribution is -0.136. The van der Waals surface area contributed by atoms with Gasteiger partial charge in [-0.25, -0.2) is 0 Å². The van der Waals surface area contributed by atoms with E-state index in [1.54, 1.807) is 0 Å². The van der Waals surface area contributed by atoms with Crippen LogP contribution in [0.5, 0.6) is 11.5 Å². The summed E-state index contributed by atoms with van der Waals surface area (Å²) in [6, 6.07) is 11.7. The van der Waals surface area contributed by atoms with Crippen LogP contribution in [0.1, 0.15) is 23.1 Å². The second-order valence-corrected chi connectivity index (χ2v) is 6.48. The quantitative estimate of drug-likeness (QED) is 0.669. The molecule has 0 radical (unpaired) electrons. The van der Waals surface area contributed by atoms with Crippen molar-refractivity contribution in [3.8, 4) is 11.5 Å². The van der Waals surface area contributed by atoms with Crippen LogP contribution in [-0.2, 0) is 11.2 Å². The molecule has 0 aliphatic rings. The zero-order valence-electron chi connectivity index (χ0n) is 13.8. The first kappa shape index (κ1) is 18.3. The van der Waals surface area contributed by atoms with Crippen LogP contribution < -0.4 is 9.47 Å². The van der Waals surface area contributed by atoms with Crippen molar-refractivity contribution in [3.63, 3.8) is 0 Å². The Balaban J connectivity index is 1.93. The van der Waals surface area contributed by atoms with Crippen LogP contribution in [0.15, 0.2) is 40.9 Å². The summed E-state index contributed by atoms with van der Waals surface area (Å²) in [5.41, 5.74) is 3.07. The molecule has 0 spiro atoms. The van der Waals surface area contributed by atoms with Crippen LogP contribution >= 0.6 is 15.9 Å². The van der Waals surface area contributed by atoms with E-state index in [1.165, 1.54) is 0 Å². The minimum Gasteiger partial charge on any atom is -0.490 e. The largest absolute Gasteiger partial charge is 0.490 e. The molecule has 0 aromatic heterocycles. The van der Waals surface area contributed by atoms with Gasteiger partial charge in [-0.15, -0.1) is 0 Å². The van der Waals surface area contributed by atoms with E-state index in [4.69, 9.17) is 14.6 Å². The highest BCUT2D eigenvalue weighted by Gasteiger charge is 2.08. The number of hydrogen-bond acceptors (Lipinski definition) is 3. The SMILES string of the molecule is Cc1cccc(C)c1OCCOc1ccc(Br)cc1CCC(=O)O. The number of ether oxygens (including phenoxy) is 2. The summed E-state index contributed by atoms with van der Waals surface area (Å²) >= 11 is 3.40. The number of halogens is 1. The van der Waals surface area contributed by atoms with E-state index >= 15 is 0 Å². The van der Waals surface area contributed by atoms with Gasteiger partial charge in [-0.2, -0.15) is 0 Å². The summed E-state index contributed by atoms with van der Waals surface area (Å²) in [5, 5.41) is 8.85. The molecule has 0 amide bonds. The van der Waals surface area contributed by atoms with E-state index in [2.05, 4.69) is 15.9 Å². The van der Waals surface area contributed by atoms with Crippen molar-refractivity contribution in [2.45, 2.75) is 26.7 Å². The molecule has 4 nitrogen and oxygen atoms in total. The molecule has 0 atom stereocenters. The molecule has 2 aromatic carbocycles. The second-order valence-electron chi connectivity index (χ2n) is 5.56. The topological polar surface area (TPSA) is 55.8 Å². The number of benzene rings is 2. The minimum absolute atomic E-state index is 0.0751. The van der Waals surface area contributed by atoms with E-state index in [0.717, 1.165) is 26.9 Å². The minimum atomic E-state index is -0.820. The van der Waals surface area contributed by atoms with Gasteiger partial charge in [-0.1, -0.05) is 34.1 Å². The molecular formula is C19H21BrO4. The summed E-state index contributed by atoms with van der Waals surface area (Å²) in [6.45, 7) is 4.86. The van der Waals surface area contributed by atoms with Gasteiger partial charge in [0.05, 0.1) is 0 Å². The molecule has 0 fully saturated rings. The van der Waals surface area contributed by atoms with Gasteiger partial charge in [-0.3, -0.25) is 4.79 Å². The maximum absolute atomic E-state index is 10.8. The summed E-state index contributed by atoms with van der Waals surface area (Å²) in [4.78, 5) is 10.8. The lowest BCUT2D eigenvalue weighted by atomic mass is 10.1. The van der Waals surface area contributed by atoms with Gasteiger partial charge in [0.1, 0.15) is 24.7 Å². The van der Waals surface area contributed by atoms with Crippen molar-refractivity contribution in [1.82, 2.24) is 0 Å².